The third-order valence-electron chi connectivity index (χ3n) is 2.59. The van der Waals surface area contributed by atoms with E-state index in [-0.39, 0.29) is 12.5 Å². The molecule has 0 bridgehead atoms. The minimum absolute atomic E-state index is 0.193. The highest BCUT2D eigenvalue weighted by atomic mass is 32.2. The number of amides is 1. The van der Waals surface area contributed by atoms with Crippen molar-refractivity contribution in [3.05, 3.63) is 46.3 Å². The van der Waals surface area contributed by atoms with Crippen molar-refractivity contribution in [2.75, 3.05) is 12.8 Å². The van der Waals surface area contributed by atoms with E-state index in [9.17, 15) is 9.90 Å². The van der Waals surface area contributed by atoms with Gasteiger partial charge < -0.3 is 10.4 Å². The van der Waals surface area contributed by atoms with Crippen LogP contribution in [-0.4, -0.2) is 28.8 Å². The molecule has 6 heteroatoms. The second kappa shape index (κ2) is 6.70. The van der Waals surface area contributed by atoms with Crippen LogP contribution >= 0.6 is 23.1 Å². The fraction of sp³-hybridized carbons (Fsp3) is 0.231. The van der Waals surface area contributed by atoms with Crippen LogP contribution < -0.4 is 5.32 Å². The fourth-order valence-electron chi connectivity index (χ4n) is 1.59. The predicted molar refractivity (Wildman–Crippen MR) is 77.6 cm³/mol. The molecule has 0 fully saturated rings. The molecule has 2 aromatic rings. The number of nitrogens with zero attached hydrogens (tertiary/aromatic N) is 1. The van der Waals surface area contributed by atoms with Gasteiger partial charge in [-0.3, -0.25) is 4.79 Å². The summed E-state index contributed by atoms with van der Waals surface area (Å²) in [5, 5.41) is 17.1. The van der Waals surface area contributed by atoms with E-state index < -0.39 is 6.10 Å². The van der Waals surface area contributed by atoms with E-state index in [0.29, 0.717) is 10.6 Å². The van der Waals surface area contributed by atoms with Crippen LogP contribution in [0, 0.1) is 0 Å². The van der Waals surface area contributed by atoms with Crippen LogP contribution in [0.4, 0.5) is 0 Å². The van der Waals surface area contributed by atoms with Crippen molar-refractivity contribution in [3.63, 3.8) is 0 Å². The molecule has 1 amide bonds. The number of carbonyl (C=O) groups excluding carboxylic acids is 1. The van der Waals surface area contributed by atoms with Crippen molar-refractivity contribution in [2.24, 2.45) is 0 Å². The third-order valence-corrected chi connectivity index (χ3v) is 4.01. The van der Waals surface area contributed by atoms with Gasteiger partial charge in [0.1, 0.15) is 5.03 Å². The summed E-state index contributed by atoms with van der Waals surface area (Å²) < 4.78 is 0. The van der Waals surface area contributed by atoms with E-state index in [2.05, 4.69) is 10.3 Å². The smallest absolute Gasteiger partial charge is 0.254 e. The van der Waals surface area contributed by atoms with E-state index in [4.69, 9.17) is 0 Å². The van der Waals surface area contributed by atoms with Gasteiger partial charge in [-0.15, -0.1) is 11.8 Å². The van der Waals surface area contributed by atoms with Crippen molar-refractivity contribution in [3.8, 4) is 0 Å². The molecule has 2 aromatic heterocycles. The van der Waals surface area contributed by atoms with E-state index in [1.165, 1.54) is 23.1 Å². The third kappa shape index (κ3) is 3.56. The number of hydrogen-bond donors (Lipinski definition) is 2. The lowest BCUT2D eigenvalue weighted by atomic mass is 10.2. The first-order valence-corrected chi connectivity index (χ1v) is 7.86. The summed E-state index contributed by atoms with van der Waals surface area (Å²) >= 11 is 2.94. The molecule has 0 spiro atoms. The number of thioether (sulfide) groups is 1. The Balaban J connectivity index is 1.98. The first-order valence-electron chi connectivity index (χ1n) is 5.69. The SMILES string of the molecule is CSc1ncccc1C(=O)NC[C@H](O)c1ccsc1. The molecule has 0 aliphatic rings. The Hall–Kier alpha value is -1.37. The van der Waals surface area contributed by atoms with E-state index >= 15 is 0 Å². The van der Waals surface area contributed by atoms with E-state index in [1.807, 2.05) is 23.1 Å². The maximum Gasteiger partial charge on any atom is 0.254 e. The van der Waals surface area contributed by atoms with Gasteiger partial charge in [0, 0.05) is 12.7 Å². The highest BCUT2D eigenvalue weighted by Gasteiger charge is 2.14. The number of hydrogen-bond acceptors (Lipinski definition) is 5. The van der Waals surface area contributed by atoms with E-state index in [1.54, 1.807) is 18.3 Å². The summed E-state index contributed by atoms with van der Waals surface area (Å²) in [6.07, 6.45) is 2.85. The van der Waals surface area contributed by atoms with Crippen molar-refractivity contribution >= 4 is 29.0 Å². The number of nitrogens with one attached hydrogen (secondary N) is 1. The van der Waals surface area contributed by atoms with Gasteiger partial charge in [0.15, 0.2) is 0 Å². The average Bonchev–Trinajstić information content (AvgIpc) is 2.98. The highest BCUT2D eigenvalue weighted by molar-refractivity contribution is 7.98. The molecular formula is C13H14N2O2S2. The summed E-state index contributed by atoms with van der Waals surface area (Å²) in [6, 6.07) is 5.30. The van der Waals surface area contributed by atoms with Gasteiger partial charge in [-0.25, -0.2) is 4.98 Å². The molecule has 2 N–H and O–H groups in total. The molecule has 0 aliphatic heterocycles. The van der Waals surface area contributed by atoms with Gasteiger partial charge in [-0.2, -0.15) is 11.3 Å². The number of aliphatic hydroxyl groups is 1. The first-order chi connectivity index (χ1) is 9.22. The van der Waals surface area contributed by atoms with Gasteiger partial charge in [-0.1, -0.05) is 0 Å². The lowest BCUT2D eigenvalue weighted by Gasteiger charge is -2.11. The Morgan fingerprint density at radius 1 is 1.58 bits per heavy atom. The van der Waals surface area contributed by atoms with Gasteiger partial charge in [0.2, 0.25) is 0 Å². The summed E-state index contributed by atoms with van der Waals surface area (Å²) in [7, 11) is 0. The van der Waals surface area contributed by atoms with Crippen LogP contribution in [0.1, 0.15) is 22.0 Å². The van der Waals surface area contributed by atoms with Crippen LogP contribution in [0.25, 0.3) is 0 Å². The Kier molecular flexibility index (Phi) is 4.95. The van der Waals surface area contributed by atoms with Crippen molar-refractivity contribution in [1.82, 2.24) is 10.3 Å². The lowest BCUT2D eigenvalue weighted by Crippen LogP contribution is -2.28. The maximum absolute atomic E-state index is 12.0. The number of aliphatic hydroxyl groups excluding tert-OH is 1. The van der Waals surface area contributed by atoms with Crippen molar-refractivity contribution < 1.29 is 9.90 Å². The summed E-state index contributed by atoms with van der Waals surface area (Å²) in [5.74, 6) is -0.216. The number of thiophene rings is 1. The molecule has 19 heavy (non-hydrogen) atoms. The molecule has 0 aromatic carbocycles. The monoisotopic (exact) mass is 294 g/mol. The van der Waals surface area contributed by atoms with Crippen molar-refractivity contribution in [1.29, 1.82) is 0 Å². The van der Waals surface area contributed by atoms with Crippen LogP contribution in [0.15, 0.2) is 40.2 Å². The van der Waals surface area contributed by atoms with E-state index in [0.717, 1.165) is 5.56 Å². The number of pyridine rings is 1. The molecule has 100 valence electrons. The van der Waals surface area contributed by atoms with Crippen molar-refractivity contribution in [2.45, 2.75) is 11.1 Å². The molecule has 0 aliphatic carbocycles. The Labute approximate surface area is 119 Å². The number of aromatic nitrogens is 1. The summed E-state index contributed by atoms with van der Waals surface area (Å²) in [4.78, 5) is 16.2. The zero-order chi connectivity index (χ0) is 13.7. The number of carbonyl (C=O) groups is 1. The second-order valence-corrected chi connectivity index (χ2v) is 5.42. The zero-order valence-corrected chi connectivity index (χ0v) is 12.0. The minimum Gasteiger partial charge on any atom is -0.387 e. The molecule has 0 radical (unpaired) electrons. The Bertz CT molecular complexity index is 543. The highest BCUT2D eigenvalue weighted by Crippen LogP contribution is 2.18. The number of rotatable bonds is 5. The van der Waals surface area contributed by atoms with Gasteiger partial charge >= 0.3 is 0 Å². The molecule has 4 nitrogen and oxygen atoms in total. The summed E-state index contributed by atoms with van der Waals surface area (Å²) in [5.41, 5.74) is 1.36. The van der Waals surface area contributed by atoms with Crippen LogP contribution in [-0.2, 0) is 0 Å². The van der Waals surface area contributed by atoms with Crippen LogP contribution in [0.2, 0.25) is 0 Å². The Morgan fingerprint density at radius 2 is 2.42 bits per heavy atom. The molecule has 0 saturated carbocycles. The summed E-state index contributed by atoms with van der Waals surface area (Å²) in [6.45, 7) is 0.193. The molecule has 2 rings (SSSR count). The van der Waals surface area contributed by atoms with Crippen LogP contribution in [0.3, 0.4) is 0 Å². The second-order valence-electron chi connectivity index (χ2n) is 3.84. The molecule has 1 atom stereocenters. The standard InChI is InChI=1S/C13H14N2O2S2/c1-18-13-10(3-2-5-14-13)12(17)15-7-11(16)9-4-6-19-8-9/h2-6,8,11,16H,7H2,1H3,(H,15,17)/t11-/m0/s1. The predicted octanol–water partition coefficient (Wildman–Crippen LogP) is 2.33. The zero-order valence-electron chi connectivity index (χ0n) is 10.4. The quantitative estimate of drug-likeness (QED) is 0.831. The first kappa shape index (κ1) is 14.0. The molecule has 0 saturated heterocycles. The normalized spacial score (nSPS) is 12.1. The Morgan fingerprint density at radius 3 is 3.11 bits per heavy atom. The minimum atomic E-state index is -0.676. The maximum atomic E-state index is 12.0. The average molecular weight is 294 g/mol. The molecule has 0 unspecified atom stereocenters. The largest absolute Gasteiger partial charge is 0.387 e. The lowest BCUT2D eigenvalue weighted by molar-refractivity contribution is 0.0913. The fourth-order valence-corrected chi connectivity index (χ4v) is 2.85. The van der Waals surface area contributed by atoms with Gasteiger partial charge in [-0.05, 0) is 40.8 Å². The molecule has 2 heterocycles. The van der Waals surface area contributed by atoms with Gasteiger partial charge in [0.25, 0.3) is 5.91 Å². The van der Waals surface area contributed by atoms with Gasteiger partial charge in [0.05, 0.1) is 11.7 Å². The molecular weight excluding hydrogens is 280 g/mol. The topological polar surface area (TPSA) is 62.2 Å². The van der Waals surface area contributed by atoms with Crippen LogP contribution in [0.5, 0.6) is 0 Å².